The monoisotopic (exact) mass is 346 g/mol. The van der Waals surface area contributed by atoms with Crippen LogP contribution in [-0.4, -0.2) is 36.6 Å². The van der Waals surface area contributed by atoms with Gasteiger partial charge >= 0.3 is 0 Å². The second kappa shape index (κ2) is 6.35. The van der Waals surface area contributed by atoms with E-state index < -0.39 is 0 Å². The van der Waals surface area contributed by atoms with Crippen LogP contribution in [0.5, 0.6) is 34.5 Å². The molecule has 3 rings (SSSR count). The second-order valence-corrected chi connectivity index (χ2v) is 5.41. The van der Waals surface area contributed by atoms with Crippen LogP contribution in [0, 0.1) is 0 Å². The van der Waals surface area contributed by atoms with Crippen LogP contribution in [0.3, 0.4) is 0 Å². The standard InChI is InChI=1S/C18H18O7/c1-22-15-4-9(5-16(23-2)18(15)24-3)17-13(21)8-11-12(20)6-10(19)7-14(11)25-17/h4-7,19-21H,8H2,1-3H3. The van der Waals surface area contributed by atoms with Gasteiger partial charge in [-0.25, -0.2) is 0 Å². The number of aliphatic hydroxyl groups excluding tert-OH is 1. The van der Waals surface area contributed by atoms with Crippen LogP contribution < -0.4 is 18.9 Å². The molecule has 0 aliphatic carbocycles. The Morgan fingerprint density at radius 1 is 0.880 bits per heavy atom. The summed E-state index contributed by atoms with van der Waals surface area (Å²) in [5.74, 6) is 1.32. The van der Waals surface area contributed by atoms with E-state index in [-0.39, 0.29) is 35.2 Å². The Morgan fingerprint density at radius 2 is 1.52 bits per heavy atom. The molecule has 0 saturated heterocycles. The average Bonchev–Trinajstić information content (AvgIpc) is 2.60. The number of benzene rings is 2. The van der Waals surface area contributed by atoms with Crippen molar-refractivity contribution in [2.75, 3.05) is 21.3 Å². The maximum absolute atomic E-state index is 10.4. The summed E-state index contributed by atoms with van der Waals surface area (Å²) in [6.45, 7) is 0. The highest BCUT2D eigenvalue weighted by atomic mass is 16.5. The number of methoxy groups -OCH3 is 3. The van der Waals surface area contributed by atoms with Gasteiger partial charge in [0, 0.05) is 29.7 Å². The molecular formula is C18H18O7. The molecule has 3 N–H and O–H groups in total. The summed E-state index contributed by atoms with van der Waals surface area (Å²) in [6.07, 6.45) is 0.0629. The molecule has 1 aliphatic heterocycles. The molecule has 2 aromatic rings. The molecule has 1 heterocycles. The normalized spacial score (nSPS) is 13.1. The molecule has 7 heteroatoms. The summed E-state index contributed by atoms with van der Waals surface area (Å²) in [7, 11) is 4.47. The third-order valence-corrected chi connectivity index (χ3v) is 3.92. The summed E-state index contributed by atoms with van der Waals surface area (Å²) < 4.78 is 21.6. The summed E-state index contributed by atoms with van der Waals surface area (Å²) in [5, 5.41) is 29.9. The maximum atomic E-state index is 10.4. The summed E-state index contributed by atoms with van der Waals surface area (Å²) in [6, 6.07) is 5.85. The minimum Gasteiger partial charge on any atom is -0.508 e. The zero-order valence-corrected chi connectivity index (χ0v) is 14.0. The number of rotatable bonds is 4. The van der Waals surface area contributed by atoms with E-state index in [4.69, 9.17) is 18.9 Å². The number of fused-ring (bicyclic) bond motifs is 1. The molecule has 0 aromatic heterocycles. The van der Waals surface area contributed by atoms with Gasteiger partial charge in [-0.3, -0.25) is 0 Å². The molecule has 7 nitrogen and oxygen atoms in total. The Kier molecular flexibility index (Phi) is 4.22. The number of aliphatic hydroxyl groups is 1. The van der Waals surface area contributed by atoms with E-state index in [1.54, 1.807) is 12.1 Å². The number of aromatic hydroxyl groups is 2. The first kappa shape index (κ1) is 16.6. The van der Waals surface area contributed by atoms with Crippen LogP contribution in [0.4, 0.5) is 0 Å². The van der Waals surface area contributed by atoms with Crippen molar-refractivity contribution in [2.24, 2.45) is 0 Å². The van der Waals surface area contributed by atoms with Crippen LogP contribution in [-0.2, 0) is 6.42 Å². The Hall–Kier alpha value is -3.22. The number of allylic oxidation sites excluding steroid dienone is 1. The molecular weight excluding hydrogens is 328 g/mol. The third-order valence-electron chi connectivity index (χ3n) is 3.92. The fourth-order valence-corrected chi connectivity index (χ4v) is 2.74. The number of phenols is 2. The lowest BCUT2D eigenvalue weighted by molar-refractivity contribution is 0.323. The smallest absolute Gasteiger partial charge is 0.203 e. The van der Waals surface area contributed by atoms with Gasteiger partial charge in [-0.2, -0.15) is 0 Å². The van der Waals surface area contributed by atoms with E-state index in [0.29, 0.717) is 28.4 Å². The lowest BCUT2D eigenvalue weighted by Gasteiger charge is -2.22. The molecule has 0 spiro atoms. The van der Waals surface area contributed by atoms with Crippen molar-refractivity contribution in [2.45, 2.75) is 6.42 Å². The Balaban J connectivity index is 2.10. The maximum Gasteiger partial charge on any atom is 0.203 e. The van der Waals surface area contributed by atoms with Gasteiger partial charge in [0.2, 0.25) is 5.75 Å². The van der Waals surface area contributed by atoms with E-state index in [1.165, 1.54) is 33.5 Å². The van der Waals surface area contributed by atoms with Gasteiger partial charge < -0.3 is 34.3 Å². The van der Waals surface area contributed by atoms with Crippen molar-refractivity contribution in [1.82, 2.24) is 0 Å². The van der Waals surface area contributed by atoms with Crippen LogP contribution in [0.15, 0.2) is 30.0 Å². The van der Waals surface area contributed by atoms with Crippen molar-refractivity contribution in [3.8, 4) is 34.5 Å². The molecule has 0 saturated carbocycles. The number of ether oxygens (including phenoxy) is 4. The predicted molar refractivity (Wildman–Crippen MR) is 89.8 cm³/mol. The van der Waals surface area contributed by atoms with E-state index >= 15 is 0 Å². The molecule has 25 heavy (non-hydrogen) atoms. The molecule has 0 radical (unpaired) electrons. The first-order valence-corrected chi connectivity index (χ1v) is 7.43. The number of phenolic OH excluding ortho intramolecular Hbond substituents is 2. The molecule has 0 unspecified atom stereocenters. The molecule has 132 valence electrons. The Morgan fingerprint density at radius 3 is 2.08 bits per heavy atom. The van der Waals surface area contributed by atoms with Gasteiger partial charge in [0.25, 0.3) is 0 Å². The van der Waals surface area contributed by atoms with Crippen LogP contribution in [0.2, 0.25) is 0 Å². The number of hydrogen-bond acceptors (Lipinski definition) is 7. The lowest BCUT2D eigenvalue weighted by atomic mass is 10.0. The Bertz CT molecular complexity index is 830. The topological polar surface area (TPSA) is 97.6 Å². The van der Waals surface area contributed by atoms with Crippen LogP contribution in [0.25, 0.3) is 5.76 Å². The van der Waals surface area contributed by atoms with Crippen LogP contribution in [0.1, 0.15) is 11.1 Å². The number of hydrogen-bond donors (Lipinski definition) is 3. The van der Waals surface area contributed by atoms with Crippen molar-refractivity contribution < 1.29 is 34.3 Å². The van der Waals surface area contributed by atoms with Crippen molar-refractivity contribution in [3.63, 3.8) is 0 Å². The van der Waals surface area contributed by atoms with Gasteiger partial charge in [-0.1, -0.05) is 0 Å². The quantitative estimate of drug-likeness (QED) is 0.783. The average molecular weight is 346 g/mol. The van der Waals surface area contributed by atoms with E-state index in [1.807, 2.05) is 0 Å². The van der Waals surface area contributed by atoms with Gasteiger partial charge in [0.1, 0.15) is 23.0 Å². The lowest BCUT2D eigenvalue weighted by Crippen LogP contribution is -2.10. The molecule has 0 bridgehead atoms. The van der Waals surface area contributed by atoms with E-state index in [2.05, 4.69) is 0 Å². The minimum absolute atomic E-state index is 0.0629. The first-order chi connectivity index (χ1) is 12.0. The van der Waals surface area contributed by atoms with Gasteiger partial charge in [0.05, 0.1) is 21.3 Å². The van der Waals surface area contributed by atoms with Gasteiger partial charge in [-0.15, -0.1) is 0 Å². The van der Waals surface area contributed by atoms with Crippen LogP contribution >= 0.6 is 0 Å². The third kappa shape index (κ3) is 2.84. The van der Waals surface area contributed by atoms with E-state index in [0.717, 1.165) is 0 Å². The molecule has 0 amide bonds. The zero-order chi connectivity index (χ0) is 18.1. The van der Waals surface area contributed by atoms with E-state index in [9.17, 15) is 15.3 Å². The Labute approximate surface area is 144 Å². The fourth-order valence-electron chi connectivity index (χ4n) is 2.74. The first-order valence-electron chi connectivity index (χ1n) is 7.43. The summed E-state index contributed by atoms with van der Waals surface area (Å²) in [5.41, 5.74) is 0.895. The second-order valence-electron chi connectivity index (χ2n) is 5.41. The van der Waals surface area contributed by atoms with Gasteiger partial charge in [-0.05, 0) is 12.1 Å². The summed E-state index contributed by atoms with van der Waals surface area (Å²) in [4.78, 5) is 0. The molecule has 0 atom stereocenters. The fraction of sp³-hybridized carbons (Fsp3) is 0.222. The molecule has 2 aromatic carbocycles. The van der Waals surface area contributed by atoms with Crippen molar-refractivity contribution >= 4 is 5.76 Å². The van der Waals surface area contributed by atoms with Crippen molar-refractivity contribution in [1.29, 1.82) is 0 Å². The highest BCUT2D eigenvalue weighted by molar-refractivity contribution is 5.73. The van der Waals surface area contributed by atoms with Crippen molar-refractivity contribution in [3.05, 3.63) is 41.2 Å². The molecule has 0 fully saturated rings. The molecule has 1 aliphatic rings. The minimum atomic E-state index is -0.148. The summed E-state index contributed by atoms with van der Waals surface area (Å²) >= 11 is 0. The highest BCUT2D eigenvalue weighted by Crippen LogP contribution is 2.44. The van der Waals surface area contributed by atoms with Gasteiger partial charge in [0.15, 0.2) is 17.3 Å². The largest absolute Gasteiger partial charge is 0.508 e. The predicted octanol–water partition coefficient (Wildman–Crippen LogP) is 2.99. The highest BCUT2D eigenvalue weighted by Gasteiger charge is 2.26. The zero-order valence-electron chi connectivity index (χ0n) is 14.0. The SMILES string of the molecule is COc1cc(C2=C(O)Cc3c(O)cc(O)cc3O2)cc(OC)c1OC.